The van der Waals surface area contributed by atoms with Crippen LogP contribution in [0.25, 0.3) is 0 Å². The standard InChI is InChI=1S/C20H28N4O/c25-19(7-3-12-21-20-22-13-4-14-23-20)24-15-16-8-10-17-5-1-2-6-18(17)11-9-16/h1-2,5-6,8H,3-4,7,9-15H2,(H,24,25)(H2,21,22,23). The first-order valence-corrected chi connectivity index (χ1v) is 9.35. The Balaban J connectivity index is 1.32. The molecule has 1 aliphatic heterocycles. The zero-order valence-electron chi connectivity index (χ0n) is 14.8. The molecule has 0 unspecified atom stereocenters. The summed E-state index contributed by atoms with van der Waals surface area (Å²) in [7, 11) is 0. The van der Waals surface area contributed by atoms with E-state index in [-0.39, 0.29) is 5.91 Å². The molecule has 1 aliphatic carbocycles. The summed E-state index contributed by atoms with van der Waals surface area (Å²) in [6.07, 6.45) is 7.81. The summed E-state index contributed by atoms with van der Waals surface area (Å²) in [5, 5.41) is 9.53. The summed E-state index contributed by atoms with van der Waals surface area (Å²) >= 11 is 0. The molecule has 2 aliphatic rings. The Hall–Kier alpha value is -2.30. The lowest BCUT2D eigenvalue weighted by Crippen LogP contribution is -2.41. The van der Waals surface area contributed by atoms with Gasteiger partial charge in [0.15, 0.2) is 5.96 Å². The number of hydrogen-bond donors (Lipinski definition) is 3. The molecule has 1 amide bonds. The van der Waals surface area contributed by atoms with Gasteiger partial charge >= 0.3 is 0 Å². The fourth-order valence-electron chi connectivity index (χ4n) is 3.22. The van der Waals surface area contributed by atoms with Gasteiger partial charge in [0.25, 0.3) is 0 Å². The molecule has 5 heteroatoms. The summed E-state index contributed by atoms with van der Waals surface area (Å²) in [6, 6.07) is 8.62. The van der Waals surface area contributed by atoms with E-state index in [9.17, 15) is 4.79 Å². The van der Waals surface area contributed by atoms with Gasteiger partial charge in [-0.1, -0.05) is 35.9 Å². The Morgan fingerprint density at radius 1 is 1.20 bits per heavy atom. The van der Waals surface area contributed by atoms with E-state index in [1.807, 2.05) is 0 Å². The van der Waals surface area contributed by atoms with Crippen LogP contribution in [0.1, 0.15) is 36.8 Å². The summed E-state index contributed by atoms with van der Waals surface area (Å²) in [6.45, 7) is 3.31. The number of nitrogens with zero attached hydrogens (tertiary/aromatic N) is 1. The smallest absolute Gasteiger partial charge is 0.220 e. The molecule has 25 heavy (non-hydrogen) atoms. The monoisotopic (exact) mass is 340 g/mol. The molecule has 0 spiro atoms. The van der Waals surface area contributed by atoms with Crippen LogP contribution in [0.2, 0.25) is 0 Å². The largest absolute Gasteiger partial charge is 0.356 e. The van der Waals surface area contributed by atoms with Crippen molar-refractivity contribution in [1.82, 2.24) is 16.0 Å². The predicted octanol–water partition coefficient (Wildman–Crippen LogP) is 1.94. The van der Waals surface area contributed by atoms with E-state index < -0.39 is 0 Å². The summed E-state index contributed by atoms with van der Waals surface area (Å²) in [4.78, 5) is 16.4. The Morgan fingerprint density at radius 2 is 2.08 bits per heavy atom. The minimum Gasteiger partial charge on any atom is -0.356 e. The number of fused-ring (bicyclic) bond motifs is 1. The maximum atomic E-state index is 12.0. The van der Waals surface area contributed by atoms with Crippen LogP contribution < -0.4 is 16.0 Å². The molecule has 5 nitrogen and oxygen atoms in total. The van der Waals surface area contributed by atoms with Crippen molar-refractivity contribution in [2.75, 3.05) is 26.2 Å². The van der Waals surface area contributed by atoms with Crippen molar-refractivity contribution in [2.24, 2.45) is 4.99 Å². The highest BCUT2D eigenvalue weighted by Gasteiger charge is 2.10. The van der Waals surface area contributed by atoms with Crippen molar-refractivity contribution in [2.45, 2.75) is 38.5 Å². The van der Waals surface area contributed by atoms with Gasteiger partial charge in [-0.25, -0.2) is 0 Å². The molecule has 0 fully saturated rings. The highest BCUT2D eigenvalue weighted by atomic mass is 16.1. The lowest BCUT2D eigenvalue weighted by molar-refractivity contribution is -0.121. The third kappa shape index (κ3) is 5.62. The molecule has 134 valence electrons. The molecule has 0 saturated heterocycles. The van der Waals surface area contributed by atoms with Gasteiger partial charge in [0.2, 0.25) is 5.91 Å². The number of carbonyl (C=O) groups is 1. The maximum absolute atomic E-state index is 12.0. The molecule has 3 N–H and O–H groups in total. The molecule has 1 aromatic carbocycles. The molecular weight excluding hydrogens is 312 g/mol. The number of guanidine groups is 1. The van der Waals surface area contributed by atoms with Crippen LogP contribution in [-0.2, 0) is 17.6 Å². The van der Waals surface area contributed by atoms with E-state index in [1.54, 1.807) is 0 Å². The molecule has 0 bridgehead atoms. The second-order valence-corrected chi connectivity index (χ2v) is 6.65. The average Bonchev–Trinajstić information content (AvgIpc) is 2.87. The van der Waals surface area contributed by atoms with Gasteiger partial charge < -0.3 is 16.0 Å². The predicted molar refractivity (Wildman–Crippen MR) is 102 cm³/mol. The van der Waals surface area contributed by atoms with E-state index >= 15 is 0 Å². The van der Waals surface area contributed by atoms with E-state index in [0.717, 1.165) is 57.7 Å². The number of aliphatic imine (C=N–C) groups is 1. The van der Waals surface area contributed by atoms with Crippen molar-refractivity contribution < 1.29 is 4.79 Å². The second-order valence-electron chi connectivity index (χ2n) is 6.65. The Kier molecular flexibility index (Phi) is 6.48. The van der Waals surface area contributed by atoms with Crippen LogP contribution in [0.4, 0.5) is 0 Å². The molecule has 3 rings (SSSR count). The number of hydrogen-bond acceptors (Lipinski definition) is 4. The number of amides is 1. The van der Waals surface area contributed by atoms with Gasteiger partial charge in [0.05, 0.1) is 0 Å². The maximum Gasteiger partial charge on any atom is 0.220 e. The third-order valence-electron chi connectivity index (χ3n) is 4.73. The number of benzene rings is 1. The minimum absolute atomic E-state index is 0.128. The molecular formula is C20H28N4O. The number of nitrogens with one attached hydrogen (secondary N) is 3. The summed E-state index contributed by atoms with van der Waals surface area (Å²) < 4.78 is 0. The quantitative estimate of drug-likeness (QED) is 0.548. The highest BCUT2D eigenvalue weighted by molar-refractivity contribution is 5.80. The van der Waals surface area contributed by atoms with Crippen LogP contribution in [0.15, 0.2) is 40.9 Å². The first-order valence-electron chi connectivity index (χ1n) is 9.35. The van der Waals surface area contributed by atoms with Crippen molar-refractivity contribution in [3.05, 3.63) is 47.0 Å². The number of aryl methyl sites for hydroxylation is 1. The molecule has 0 radical (unpaired) electrons. The lowest BCUT2D eigenvalue weighted by atomic mass is 10.0. The van der Waals surface area contributed by atoms with Crippen LogP contribution in [-0.4, -0.2) is 38.0 Å². The third-order valence-corrected chi connectivity index (χ3v) is 4.73. The van der Waals surface area contributed by atoms with Gasteiger partial charge in [-0.15, -0.1) is 0 Å². The number of carbonyl (C=O) groups excluding carboxylic acids is 1. The van der Waals surface area contributed by atoms with Gasteiger partial charge in [0.1, 0.15) is 0 Å². The van der Waals surface area contributed by atoms with Gasteiger partial charge in [0, 0.05) is 32.6 Å². The molecule has 0 saturated carbocycles. The highest BCUT2D eigenvalue weighted by Crippen LogP contribution is 2.19. The van der Waals surface area contributed by atoms with Crippen LogP contribution in [0.5, 0.6) is 0 Å². The van der Waals surface area contributed by atoms with Crippen molar-refractivity contribution in [1.29, 1.82) is 0 Å². The average molecular weight is 340 g/mol. The Morgan fingerprint density at radius 3 is 2.92 bits per heavy atom. The van der Waals surface area contributed by atoms with Crippen molar-refractivity contribution in [3.8, 4) is 0 Å². The first kappa shape index (κ1) is 17.5. The normalized spacial score (nSPS) is 16.6. The second kappa shape index (κ2) is 9.25. The van der Waals surface area contributed by atoms with Crippen LogP contribution in [0.3, 0.4) is 0 Å². The SMILES string of the molecule is O=C(CCCNC1=NCCCN1)NCC1=CCc2ccccc2CC1. The van der Waals surface area contributed by atoms with Gasteiger partial charge in [-0.05, 0) is 43.2 Å². The summed E-state index contributed by atoms with van der Waals surface area (Å²) in [5.41, 5.74) is 4.18. The number of rotatable bonds is 6. The molecule has 0 aromatic heterocycles. The van der Waals surface area contributed by atoms with E-state index in [2.05, 4.69) is 51.3 Å². The van der Waals surface area contributed by atoms with Crippen LogP contribution in [0, 0.1) is 0 Å². The zero-order chi connectivity index (χ0) is 17.3. The minimum atomic E-state index is 0.128. The van der Waals surface area contributed by atoms with Crippen molar-refractivity contribution >= 4 is 11.9 Å². The lowest BCUT2D eigenvalue weighted by Gasteiger charge is -2.15. The Bertz CT molecular complexity index is 651. The molecule has 0 atom stereocenters. The first-order chi connectivity index (χ1) is 12.3. The van der Waals surface area contributed by atoms with E-state index in [0.29, 0.717) is 13.0 Å². The van der Waals surface area contributed by atoms with E-state index in [4.69, 9.17) is 0 Å². The fourth-order valence-corrected chi connectivity index (χ4v) is 3.22. The van der Waals surface area contributed by atoms with Crippen molar-refractivity contribution in [3.63, 3.8) is 0 Å². The fraction of sp³-hybridized carbons (Fsp3) is 0.500. The zero-order valence-corrected chi connectivity index (χ0v) is 14.8. The topological polar surface area (TPSA) is 65.5 Å². The number of allylic oxidation sites excluding steroid dienone is 1. The Labute approximate surface area is 150 Å². The van der Waals surface area contributed by atoms with Gasteiger partial charge in [-0.3, -0.25) is 9.79 Å². The van der Waals surface area contributed by atoms with Crippen LogP contribution >= 0.6 is 0 Å². The molecule has 1 heterocycles. The molecule has 1 aromatic rings. The summed E-state index contributed by atoms with van der Waals surface area (Å²) in [5.74, 6) is 0.998. The van der Waals surface area contributed by atoms with E-state index in [1.165, 1.54) is 16.7 Å². The van der Waals surface area contributed by atoms with Gasteiger partial charge in [-0.2, -0.15) is 0 Å².